The second-order valence-electron chi connectivity index (χ2n) is 5.58. The van der Waals surface area contributed by atoms with Crippen molar-refractivity contribution >= 4 is 35.0 Å². The van der Waals surface area contributed by atoms with Crippen LogP contribution in [0, 0.1) is 27.2 Å². The van der Waals surface area contributed by atoms with Gasteiger partial charge in [-0.2, -0.15) is 0 Å². The molecule has 2 aromatic rings. The number of rotatable bonds is 7. The van der Waals surface area contributed by atoms with E-state index in [1.54, 1.807) is 19.1 Å². The van der Waals surface area contributed by atoms with Crippen molar-refractivity contribution in [1.29, 1.82) is 0 Å². The first-order chi connectivity index (χ1) is 13.3. The van der Waals surface area contributed by atoms with E-state index in [2.05, 4.69) is 5.32 Å². The highest BCUT2D eigenvalue weighted by Crippen LogP contribution is 2.25. The molecule has 0 aliphatic carbocycles. The maximum Gasteiger partial charge on any atom is 0.331 e. The van der Waals surface area contributed by atoms with Crippen LogP contribution in [0.15, 0.2) is 48.5 Å². The fourth-order valence-corrected chi connectivity index (χ4v) is 2.22. The summed E-state index contributed by atoms with van der Waals surface area (Å²) in [5.74, 6) is -1.66. The number of ether oxygens (including phenoxy) is 1. The molecular weight excluding hydrogens is 370 g/mol. The van der Waals surface area contributed by atoms with Crippen molar-refractivity contribution in [2.24, 2.45) is 0 Å². The van der Waals surface area contributed by atoms with Gasteiger partial charge in [0.05, 0.1) is 15.4 Å². The van der Waals surface area contributed by atoms with Crippen LogP contribution in [-0.4, -0.2) is 28.3 Å². The number of nitro benzene ring substituents is 2. The van der Waals surface area contributed by atoms with Crippen LogP contribution in [0.25, 0.3) is 6.08 Å². The molecule has 10 nitrogen and oxygen atoms in total. The van der Waals surface area contributed by atoms with Gasteiger partial charge in [0.1, 0.15) is 5.69 Å². The molecule has 0 atom stereocenters. The number of nitrogens with one attached hydrogen (secondary N) is 1. The predicted molar refractivity (Wildman–Crippen MR) is 99.6 cm³/mol. The molecule has 0 saturated carbocycles. The molecule has 0 aliphatic heterocycles. The van der Waals surface area contributed by atoms with Crippen molar-refractivity contribution in [2.75, 3.05) is 11.9 Å². The molecule has 2 aromatic carbocycles. The van der Waals surface area contributed by atoms with Crippen molar-refractivity contribution in [2.45, 2.75) is 6.92 Å². The summed E-state index contributed by atoms with van der Waals surface area (Å²) in [6, 6.07) is 10.1. The number of para-hydroxylation sites is 1. The minimum absolute atomic E-state index is 0.0212. The molecule has 0 heterocycles. The number of hydrogen-bond acceptors (Lipinski definition) is 7. The number of hydrogen-bond donors (Lipinski definition) is 1. The smallest absolute Gasteiger partial charge is 0.331 e. The fourth-order valence-electron chi connectivity index (χ4n) is 2.22. The van der Waals surface area contributed by atoms with E-state index in [1.807, 2.05) is 0 Å². The van der Waals surface area contributed by atoms with E-state index >= 15 is 0 Å². The van der Waals surface area contributed by atoms with Crippen LogP contribution in [-0.2, 0) is 14.3 Å². The normalized spacial score (nSPS) is 10.5. The van der Waals surface area contributed by atoms with Crippen LogP contribution >= 0.6 is 0 Å². The molecule has 0 saturated heterocycles. The first kappa shape index (κ1) is 20.2. The lowest BCUT2D eigenvalue weighted by atomic mass is 10.1. The van der Waals surface area contributed by atoms with Gasteiger partial charge >= 0.3 is 5.97 Å². The van der Waals surface area contributed by atoms with Crippen molar-refractivity contribution in [3.05, 3.63) is 79.9 Å². The molecule has 1 amide bonds. The maximum atomic E-state index is 11.9. The van der Waals surface area contributed by atoms with Gasteiger partial charge in [-0.25, -0.2) is 4.79 Å². The summed E-state index contributed by atoms with van der Waals surface area (Å²) in [5.41, 5.74) is 0.361. The number of nitrogens with zero attached hydrogens (tertiary/aromatic N) is 2. The lowest BCUT2D eigenvalue weighted by Crippen LogP contribution is -2.20. The van der Waals surface area contributed by atoms with E-state index < -0.39 is 28.3 Å². The van der Waals surface area contributed by atoms with Crippen LogP contribution in [0.2, 0.25) is 0 Å². The average Bonchev–Trinajstić information content (AvgIpc) is 2.66. The Morgan fingerprint density at radius 2 is 1.75 bits per heavy atom. The Morgan fingerprint density at radius 3 is 2.43 bits per heavy atom. The third-order valence-electron chi connectivity index (χ3n) is 3.50. The lowest BCUT2D eigenvalue weighted by molar-refractivity contribution is -0.385. The first-order valence-corrected chi connectivity index (χ1v) is 7.91. The van der Waals surface area contributed by atoms with Gasteiger partial charge in [-0.1, -0.05) is 18.2 Å². The van der Waals surface area contributed by atoms with Gasteiger partial charge in [0.25, 0.3) is 17.3 Å². The molecular formula is C18H15N3O7. The Balaban J connectivity index is 1.96. The number of aryl methyl sites for hydroxylation is 1. The number of esters is 1. The lowest BCUT2D eigenvalue weighted by Gasteiger charge is -2.06. The quantitative estimate of drug-likeness (QED) is 0.334. The maximum absolute atomic E-state index is 11.9. The van der Waals surface area contributed by atoms with E-state index in [0.717, 1.165) is 6.08 Å². The molecule has 0 bridgehead atoms. The second kappa shape index (κ2) is 9.03. The topological polar surface area (TPSA) is 142 Å². The Morgan fingerprint density at radius 1 is 1.07 bits per heavy atom. The molecule has 10 heteroatoms. The van der Waals surface area contributed by atoms with E-state index in [-0.39, 0.29) is 22.6 Å². The zero-order valence-corrected chi connectivity index (χ0v) is 14.7. The van der Waals surface area contributed by atoms with Crippen molar-refractivity contribution in [3.63, 3.8) is 0 Å². The zero-order chi connectivity index (χ0) is 20.7. The SMILES string of the molecule is Cc1ccc(NC(=O)COC(=O)/C=C/c2ccccc2[N+](=O)[O-])c([N+](=O)[O-])c1. The molecule has 1 N–H and O–H groups in total. The second-order valence-corrected chi connectivity index (χ2v) is 5.58. The van der Waals surface area contributed by atoms with E-state index in [9.17, 15) is 29.8 Å². The minimum Gasteiger partial charge on any atom is -0.452 e. The molecule has 0 aliphatic rings. The minimum atomic E-state index is -0.897. The van der Waals surface area contributed by atoms with Crippen LogP contribution in [0.4, 0.5) is 17.1 Å². The molecule has 0 unspecified atom stereocenters. The fraction of sp³-hybridized carbons (Fsp3) is 0.111. The molecule has 0 radical (unpaired) electrons. The highest BCUT2D eigenvalue weighted by Gasteiger charge is 2.16. The molecule has 0 aromatic heterocycles. The monoisotopic (exact) mass is 385 g/mol. The first-order valence-electron chi connectivity index (χ1n) is 7.91. The average molecular weight is 385 g/mol. The van der Waals surface area contributed by atoms with Gasteiger partial charge in [0, 0.05) is 18.2 Å². The Kier molecular flexibility index (Phi) is 6.53. The van der Waals surface area contributed by atoms with Gasteiger partial charge < -0.3 is 10.1 Å². The Labute approximate surface area is 158 Å². The molecule has 0 fully saturated rings. The van der Waals surface area contributed by atoms with E-state index in [4.69, 9.17) is 4.74 Å². The number of carbonyl (C=O) groups is 2. The Hall–Kier alpha value is -4.08. The van der Waals surface area contributed by atoms with Gasteiger partial charge in [-0.05, 0) is 30.7 Å². The van der Waals surface area contributed by atoms with Gasteiger partial charge in [0.15, 0.2) is 6.61 Å². The Bertz CT molecular complexity index is 969. The summed E-state index contributed by atoms with van der Waals surface area (Å²) >= 11 is 0. The molecule has 144 valence electrons. The summed E-state index contributed by atoms with van der Waals surface area (Å²) in [7, 11) is 0. The zero-order valence-electron chi connectivity index (χ0n) is 14.7. The van der Waals surface area contributed by atoms with Crippen molar-refractivity contribution in [3.8, 4) is 0 Å². The summed E-state index contributed by atoms with van der Waals surface area (Å²) in [6.07, 6.45) is 2.15. The van der Waals surface area contributed by atoms with Gasteiger partial charge in [-0.3, -0.25) is 25.0 Å². The number of carbonyl (C=O) groups excluding carboxylic acids is 2. The third-order valence-corrected chi connectivity index (χ3v) is 3.50. The summed E-state index contributed by atoms with van der Waals surface area (Å²) in [5, 5.41) is 24.2. The van der Waals surface area contributed by atoms with Crippen LogP contribution < -0.4 is 5.32 Å². The highest BCUT2D eigenvalue weighted by atomic mass is 16.6. The van der Waals surface area contributed by atoms with E-state index in [1.165, 1.54) is 36.4 Å². The molecule has 2 rings (SSSR count). The van der Waals surface area contributed by atoms with Crippen molar-refractivity contribution < 1.29 is 24.2 Å². The molecule has 0 spiro atoms. The van der Waals surface area contributed by atoms with Crippen molar-refractivity contribution in [1.82, 2.24) is 0 Å². The largest absolute Gasteiger partial charge is 0.452 e. The number of anilines is 1. The van der Waals surface area contributed by atoms with Crippen LogP contribution in [0.3, 0.4) is 0 Å². The van der Waals surface area contributed by atoms with Crippen LogP contribution in [0.5, 0.6) is 0 Å². The van der Waals surface area contributed by atoms with Crippen LogP contribution in [0.1, 0.15) is 11.1 Å². The van der Waals surface area contributed by atoms with Gasteiger partial charge in [0.2, 0.25) is 0 Å². The summed E-state index contributed by atoms with van der Waals surface area (Å²) in [4.78, 5) is 44.3. The predicted octanol–water partition coefficient (Wildman–Crippen LogP) is 3.01. The highest BCUT2D eigenvalue weighted by molar-refractivity contribution is 5.96. The summed E-state index contributed by atoms with van der Waals surface area (Å²) in [6.45, 7) is 0.995. The number of amides is 1. The van der Waals surface area contributed by atoms with E-state index in [0.29, 0.717) is 5.56 Å². The third kappa shape index (κ3) is 5.46. The standard InChI is InChI=1S/C18H15N3O7/c1-12-6-8-14(16(10-12)21(26)27)19-17(22)11-28-18(23)9-7-13-4-2-3-5-15(13)20(24)25/h2-10H,11H2,1H3,(H,19,22)/b9-7+. The number of benzene rings is 2. The molecule has 28 heavy (non-hydrogen) atoms. The number of nitro groups is 2. The van der Waals surface area contributed by atoms with Gasteiger partial charge in [-0.15, -0.1) is 0 Å². The summed E-state index contributed by atoms with van der Waals surface area (Å²) < 4.78 is 4.74.